The summed E-state index contributed by atoms with van der Waals surface area (Å²) in [4.78, 5) is 4.48. The normalized spacial score (nSPS) is 10.9. The van der Waals surface area contributed by atoms with Gasteiger partial charge in [0.15, 0.2) is 0 Å². The number of hydrogen-bond donors (Lipinski definition) is 1. The average molecular weight is 290 g/mol. The first-order valence-electron chi connectivity index (χ1n) is 6.24. The Bertz CT molecular complexity index is 767. The first-order valence-corrected chi connectivity index (χ1v) is 6.62. The summed E-state index contributed by atoms with van der Waals surface area (Å²) in [5.74, 6) is 0.467. The SMILES string of the molecule is Cn1c(NCc2cccc(F)c2)nc2c(Cl)cccc21. The summed E-state index contributed by atoms with van der Waals surface area (Å²) in [5.41, 5.74) is 2.58. The van der Waals surface area contributed by atoms with E-state index >= 15 is 0 Å². The van der Waals surface area contributed by atoms with E-state index in [-0.39, 0.29) is 5.82 Å². The number of aryl methyl sites for hydroxylation is 1. The van der Waals surface area contributed by atoms with Gasteiger partial charge >= 0.3 is 0 Å². The van der Waals surface area contributed by atoms with Crippen LogP contribution in [0, 0.1) is 5.82 Å². The van der Waals surface area contributed by atoms with Gasteiger partial charge in [0.05, 0.1) is 10.5 Å². The Hall–Kier alpha value is -2.07. The van der Waals surface area contributed by atoms with E-state index in [1.54, 1.807) is 6.07 Å². The maximum atomic E-state index is 13.1. The van der Waals surface area contributed by atoms with Crippen LogP contribution in [0.15, 0.2) is 42.5 Å². The second-order valence-corrected chi connectivity index (χ2v) is 4.99. The van der Waals surface area contributed by atoms with Crippen molar-refractivity contribution in [1.29, 1.82) is 0 Å². The van der Waals surface area contributed by atoms with Gasteiger partial charge < -0.3 is 9.88 Å². The number of imidazole rings is 1. The van der Waals surface area contributed by atoms with Gasteiger partial charge in [-0.25, -0.2) is 9.37 Å². The van der Waals surface area contributed by atoms with Gasteiger partial charge in [0, 0.05) is 13.6 Å². The number of halogens is 2. The molecule has 0 saturated heterocycles. The third kappa shape index (κ3) is 2.34. The zero-order valence-corrected chi connectivity index (χ0v) is 11.7. The van der Waals surface area contributed by atoms with Crippen molar-refractivity contribution in [3.8, 4) is 0 Å². The van der Waals surface area contributed by atoms with E-state index in [0.717, 1.165) is 16.6 Å². The molecule has 0 radical (unpaired) electrons. The van der Waals surface area contributed by atoms with Gasteiger partial charge in [-0.3, -0.25) is 0 Å². The lowest BCUT2D eigenvalue weighted by molar-refractivity contribution is 0.626. The summed E-state index contributed by atoms with van der Waals surface area (Å²) >= 11 is 6.13. The fourth-order valence-electron chi connectivity index (χ4n) is 2.17. The first-order chi connectivity index (χ1) is 9.65. The summed E-state index contributed by atoms with van der Waals surface area (Å²) in [6.07, 6.45) is 0. The molecule has 2 aromatic carbocycles. The van der Waals surface area contributed by atoms with Crippen molar-refractivity contribution in [2.24, 2.45) is 7.05 Å². The molecule has 0 saturated carbocycles. The largest absolute Gasteiger partial charge is 0.352 e. The van der Waals surface area contributed by atoms with E-state index < -0.39 is 0 Å². The maximum absolute atomic E-state index is 13.1. The van der Waals surface area contributed by atoms with E-state index in [1.807, 2.05) is 35.9 Å². The minimum Gasteiger partial charge on any atom is -0.352 e. The van der Waals surface area contributed by atoms with Gasteiger partial charge in [-0.1, -0.05) is 29.8 Å². The lowest BCUT2D eigenvalue weighted by Gasteiger charge is -2.06. The number of aromatic nitrogens is 2. The van der Waals surface area contributed by atoms with Crippen molar-refractivity contribution < 1.29 is 4.39 Å². The number of nitrogens with one attached hydrogen (secondary N) is 1. The van der Waals surface area contributed by atoms with Crippen molar-refractivity contribution in [3.05, 3.63) is 58.9 Å². The number of fused-ring (bicyclic) bond motifs is 1. The van der Waals surface area contributed by atoms with Crippen molar-refractivity contribution in [2.45, 2.75) is 6.54 Å². The van der Waals surface area contributed by atoms with Gasteiger partial charge in [0.2, 0.25) is 5.95 Å². The number of hydrogen-bond acceptors (Lipinski definition) is 2. The second-order valence-electron chi connectivity index (χ2n) is 4.59. The first kappa shape index (κ1) is 12.9. The summed E-state index contributed by atoms with van der Waals surface area (Å²) in [6, 6.07) is 12.2. The number of benzene rings is 2. The molecule has 0 aliphatic carbocycles. The molecule has 0 unspecified atom stereocenters. The standard InChI is InChI=1S/C15H13ClFN3/c1-20-13-7-3-6-12(16)14(13)19-15(20)18-9-10-4-2-5-11(17)8-10/h2-8H,9H2,1H3,(H,18,19). The van der Waals surface area contributed by atoms with E-state index in [9.17, 15) is 4.39 Å². The molecule has 20 heavy (non-hydrogen) atoms. The fourth-order valence-corrected chi connectivity index (χ4v) is 2.38. The monoisotopic (exact) mass is 289 g/mol. The summed E-state index contributed by atoms with van der Waals surface area (Å²) in [6.45, 7) is 0.506. The zero-order chi connectivity index (χ0) is 14.1. The minimum atomic E-state index is -0.239. The molecule has 0 bridgehead atoms. The highest BCUT2D eigenvalue weighted by atomic mass is 35.5. The van der Waals surface area contributed by atoms with Gasteiger partial charge in [0.25, 0.3) is 0 Å². The molecule has 3 nitrogen and oxygen atoms in total. The Morgan fingerprint density at radius 3 is 2.80 bits per heavy atom. The lowest BCUT2D eigenvalue weighted by Crippen LogP contribution is -2.05. The minimum absolute atomic E-state index is 0.239. The Morgan fingerprint density at radius 1 is 1.25 bits per heavy atom. The van der Waals surface area contributed by atoms with Crippen LogP contribution in [0.5, 0.6) is 0 Å². The van der Waals surface area contributed by atoms with Crippen molar-refractivity contribution in [2.75, 3.05) is 5.32 Å². The van der Waals surface area contributed by atoms with Crippen LogP contribution >= 0.6 is 11.6 Å². The number of nitrogens with zero attached hydrogens (tertiary/aromatic N) is 2. The average Bonchev–Trinajstić information content (AvgIpc) is 2.75. The van der Waals surface area contributed by atoms with Gasteiger partial charge in [0.1, 0.15) is 11.3 Å². The van der Waals surface area contributed by atoms with E-state index in [1.165, 1.54) is 12.1 Å². The maximum Gasteiger partial charge on any atom is 0.203 e. The highest BCUT2D eigenvalue weighted by molar-refractivity contribution is 6.35. The van der Waals surface area contributed by atoms with Crippen molar-refractivity contribution in [3.63, 3.8) is 0 Å². The third-order valence-electron chi connectivity index (χ3n) is 3.20. The molecule has 5 heteroatoms. The van der Waals surface area contributed by atoms with Crippen molar-refractivity contribution in [1.82, 2.24) is 9.55 Å². The molecule has 102 valence electrons. The van der Waals surface area contributed by atoms with Crippen LogP contribution in [0.25, 0.3) is 11.0 Å². The molecule has 0 spiro atoms. The topological polar surface area (TPSA) is 29.9 Å². The highest BCUT2D eigenvalue weighted by Gasteiger charge is 2.09. The molecular weight excluding hydrogens is 277 g/mol. The highest BCUT2D eigenvalue weighted by Crippen LogP contribution is 2.25. The van der Waals surface area contributed by atoms with Gasteiger partial charge in [-0.15, -0.1) is 0 Å². The molecule has 1 aromatic heterocycles. The van der Waals surface area contributed by atoms with E-state index in [0.29, 0.717) is 17.5 Å². The van der Waals surface area contributed by atoms with Crippen LogP contribution in [0.2, 0.25) is 5.02 Å². The quantitative estimate of drug-likeness (QED) is 0.790. The van der Waals surface area contributed by atoms with Crippen LogP contribution in [0.1, 0.15) is 5.56 Å². The second kappa shape index (κ2) is 5.13. The number of rotatable bonds is 3. The predicted octanol–water partition coefficient (Wildman–Crippen LogP) is 3.98. The van der Waals surface area contributed by atoms with Gasteiger partial charge in [-0.2, -0.15) is 0 Å². The van der Waals surface area contributed by atoms with Gasteiger partial charge in [-0.05, 0) is 29.8 Å². The summed E-state index contributed by atoms with van der Waals surface area (Å²) in [5, 5.41) is 3.82. The van der Waals surface area contributed by atoms with E-state index in [2.05, 4.69) is 10.3 Å². The molecule has 0 aliphatic rings. The Labute approximate surface area is 121 Å². The summed E-state index contributed by atoms with van der Waals surface area (Å²) < 4.78 is 15.1. The third-order valence-corrected chi connectivity index (χ3v) is 3.51. The Balaban J connectivity index is 1.88. The number of para-hydroxylation sites is 1. The Kier molecular flexibility index (Phi) is 3.32. The molecule has 0 atom stereocenters. The summed E-state index contributed by atoms with van der Waals surface area (Å²) in [7, 11) is 1.92. The molecule has 3 rings (SSSR count). The molecule has 0 fully saturated rings. The molecule has 1 N–H and O–H groups in total. The molecule has 0 aliphatic heterocycles. The fraction of sp³-hybridized carbons (Fsp3) is 0.133. The smallest absolute Gasteiger partial charge is 0.203 e. The van der Waals surface area contributed by atoms with Crippen LogP contribution in [0.3, 0.4) is 0 Å². The van der Waals surface area contributed by atoms with Crippen LogP contribution in [-0.4, -0.2) is 9.55 Å². The lowest BCUT2D eigenvalue weighted by atomic mass is 10.2. The Morgan fingerprint density at radius 2 is 2.05 bits per heavy atom. The number of anilines is 1. The van der Waals surface area contributed by atoms with Crippen LogP contribution < -0.4 is 5.32 Å². The molecule has 3 aromatic rings. The molecule has 1 heterocycles. The predicted molar refractivity (Wildman–Crippen MR) is 79.5 cm³/mol. The van der Waals surface area contributed by atoms with Crippen LogP contribution in [0.4, 0.5) is 10.3 Å². The van der Waals surface area contributed by atoms with E-state index in [4.69, 9.17) is 11.6 Å². The van der Waals surface area contributed by atoms with Crippen LogP contribution in [-0.2, 0) is 13.6 Å². The molecular formula is C15H13ClFN3. The zero-order valence-electron chi connectivity index (χ0n) is 10.9. The van der Waals surface area contributed by atoms with Crippen molar-refractivity contribution >= 4 is 28.6 Å². The molecule has 0 amide bonds.